The molecule has 1 saturated heterocycles. The number of benzene rings is 1. The molecule has 0 bridgehead atoms. The van der Waals surface area contributed by atoms with Gasteiger partial charge >= 0.3 is 5.92 Å². The Bertz CT molecular complexity index is 457. The van der Waals surface area contributed by atoms with Gasteiger partial charge in [-0.15, -0.1) is 0 Å². The number of nitrogens with zero attached hydrogens (tertiary/aromatic N) is 1. The molecular formula is C13H15F2NO2. The van der Waals surface area contributed by atoms with E-state index in [1.165, 1.54) is 7.11 Å². The maximum absolute atomic E-state index is 13.5. The molecule has 0 spiro atoms. The molecule has 5 heteroatoms. The second-order valence-corrected chi connectivity index (χ2v) is 4.69. The Kier molecular flexibility index (Phi) is 3.00. The van der Waals surface area contributed by atoms with E-state index < -0.39 is 17.9 Å². The highest BCUT2D eigenvalue weighted by Crippen LogP contribution is 2.43. The highest BCUT2D eigenvalue weighted by atomic mass is 19.3. The van der Waals surface area contributed by atoms with Crippen LogP contribution in [-0.4, -0.2) is 25.0 Å². The average molecular weight is 255 g/mol. The van der Waals surface area contributed by atoms with Crippen LogP contribution in [0.25, 0.3) is 0 Å². The van der Waals surface area contributed by atoms with Crippen LogP contribution < -0.4 is 9.64 Å². The Balaban J connectivity index is 2.29. The van der Waals surface area contributed by atoms with Gasteiger partial charge in [0.05, 0.1) is 7.11 Å². The first-order valence-corrected chi connectivity index (χ1v) is 5.75. The van der Waals surface area contributed by atoms with Crippen molar-refractivity contribution in [3.05, 3.63) is 24.3 Å². The van der Waals surface area contributed by atoms with Crippen LogP contribution in [0.1, 0.15) is 13.8 Å². The highest BCUT2D eigenvalue weighted by molar-refractivity contribution is 6.07. The zero-order valence-electron chi connectivity index (χ0n) is 10.5. The van der Waals surface area contributed by atoms with E-state index in [2.05, 4.69) is 0 Å². The number of alkyl halides is 2. The lowest BCUT2D eigenvalue weighted by molar-refractivity contribution is -0.165. The topological polar surface area (TPSA) is 29.5 Å². The van der Waals surface area contributed by atoms with Crippen molar-refractivity contribution in [2.75, 3.05) is 12.0 Å². The van der Waals surface area contributed by atoms with Crippen molar-refractivity contribution in [1.29, 1.82) is 0 Å². The van der Waals surface area contributed by atoms with Crippen LogP contribution >= 0.6 is 0 Å². The van der Waals surface area contributed by atoms with Gasteiger partial charge in [-0.3, -0.25) is 9.69 Å². The number of rotatable bonds is 3. The molecule has 1 aromatic rings. The monoisotopic (exact) mass is 255 g/mol. The summed E-state index contributed by atoms with van der Waals surface area (Å²) in [7, 11) is 1.52. The van der Waals surface area contributed by atoms with Crippen LogP contribution in [0, 0.1) is 5.92 Å². The van der Waals surface area contributed by atoms with E-state index in [-0.39, 0.29) is 5.92 Å². The molecule has 1 atom stereocenters. The summed E-state index contributed by atoms with van der Waals surface area (Å²) < 4.78 is 32.0. The Morgan fingerprint density at radius 3 is 2.28 bits per heavy atom. The third-order valence-electron chi connectivity index (χ3n) is 3.14. The number of methoxy groups -OCH3 is 1. The number of β-lactam (4-membered cyclic amide) rings is 1. The van der Waals surface area contributed by atoms with Gasteiger partial charge in [0, 0.05) is 5.69 Å². The first kappa shape index (κ1) is 12.8. The summed E-state index contributed by atoms with van der Waals surface area (Å²) in [5.74, 6) is -4.07. The molecule has 0 N–H and O–H groups in total. The minimum absolute atomic E-state index is 0.306. The van der Waals surface area contributed by atoms with Crippen LogP contribution in [0.4, 0.5) is 14.5 Å². The lowest BCUT2D eigenvalue weighted by Gasteiger charge is -2.48. The lowest BCUT2D eigenvalue weighted by Crippen LogP contribution is -2.71. The van der Waals surface area contributed by atoms with E-state index in [0.29, 0.717) is 11.4 Å². The zero-order chi connectivity index (χ0) is 13.5. The van der Waals surface area contributed by atoms with Gasteiger partial charge in [-0.1, -0.05) is 13.8 Å². The summed E-state index contributed by atoms with van der Waals surface area (Å²) in [4.78, 5) is 12.7. The number of anilines is 1. The molecule has 1 aliphatic rings. The summed E-state index contributed by atoms with van der Waals surface area (Å²) in [5.41, 5.74) is 0.477. The molecule has 1 aromatic carbocycles. The SMILES string of the molecule is COc1ccc(N2C(=O)C(F)(F)[C@@H]2C(C)C)cc1. The number of carbonyl (C=O) groups excluding carboxylic acids is 1. The molecular weight excluding hydrogens is 240 g/mol. The first-order valence-electron chi connectivity index (χ1n) is 5.75. The van der Waals surface area contributed by atoms with E-state index in [9.17, 15) is 13.6 Å². The molecule has 0 unspecified atom stereocenters. The molecule has 1 heterocycles. The minimum atomic E-state index is -3.26. The minimum Gasteiger partial charge on any atom is -0.497 e. The molecule has 0 aliphatic carbocycles. The number of halogens is 2. The summed E-state index contributed by atoms with van der Waals surface area (Å²) in [6.45, 7) is 3.36. The maximum Gasteiger partial charge on any atom is 0.345 e. The summed E-state index contributed by atoms with van der Waals surface area (Å²) in [6.07, 6.45) is 0. The standard InChI is InChI=1S/C13H15F2NO2/c1-8(2)11-13(14,15)12(17)16(11)9-4-6-10(18-3)7-5-9/h4-8,11H,1-3H3/t11-/m0/s1. The fourth-order valence-corrected chi connectivity index (χ4v) is 2.25. The van der Waals surface area contributed by atoms with Crippen LogP contribution in [-0.2, 0) is 4.79 Å². The average Bonchev–Trinajstić information content (AvgIpc) is 2.34. The summed E-state index contributed by atoms with van der Waals surface area (Å²) in [6, 6.07) is 5.45. The molecule has 1 amide bonds. The number of hydrogen-bond donors (Lipinski definition) is 0. The fraction of sp³-hybridized carbons (Fsp3) is 0.462. The smallest absolute Gasteiger partial charge is 0.345 e. The third-order valence-corrected chi connectivity index (χ3v) is 3.14. The van der Waals surface area contributed by atoms with Gasteiger partial charge in [0.2, 0.25) is 0 Å². The molecule has 0 radical (unpaired) electrons. The first-order chi connectivity index (χ1) is 8.39. The van der Waals surface area contributed by atoms with Crippen molar-refractivity contribution >= 4 is 11.6 Å². The van der Waals surface area contributed by atoms with E-state index in [1.807, 2.05) is 0 Å². The van der Waals surface area contributed by atoms with Gasteiger partial charge in [-0.2, -0.15) is 8.78 Å². The van der Waals surface area contributed by atoms with E-state index in [4.69, 9.17) is 4.74 Å². The largest absolute Gasteiger partial charge is 0.497 e. The quantitative estimate of drug-likeness (QED) is 0.777. The summed E-state index contributed by atoms with van der Waals surface area (Å²) in [5, 5.41) is 0. The van der Waals surface area contributed by atoms with Crippen molar-refractivity contribution in [3.8, 4) is 5.75 Å². The maximum atomic E-state index is 13.5. The Morgan fingerprint density at radius 1 is 1.28 bits per heavy atom. The molecule has 0 aromatic heterocycles. The molecule has 18 heavy (non-hydrogen) atoms. The van der Waals surface area contributed by atoms with E-state index in [1.54, 1.807) is 38.1 Å². The van der Waals surface area contributed by atoms with Gasteiger partial charge in [0.15, 0.2) is 0 Å². The van der Waals surface area contributed by atoms with Crippen molar-refractivity contribution in [3.63, 3.8) is 0 Å². The number of ether oxygens (including phenoxy) is 1. The Hall–Kier alpha value is -1.65. The predicted molar refractivity (Wildman–Crippen MR) is 64.1 cm³/mol. The molecule has 1 fully saturated rings. The van der Waals surface area contributed by atoms with Crippen LogP contribution in [0.15, 0.2) is 24.3 Å². The second-order valence-electron chi connectivity index (χ2n) is 4.69. The molecule has 3 nitrogen and oxygen atoms in total. The Labute approximate surface area is 104 Å². The molecule has 0 saturated carbocycles. The van der Waals surface area contributed by atoms with Crippen molar-refractivity contribution in [1.82, 2.24) is 0 Å². The van der Waals surface area contributed by atoms with Gasteiger partial charge in [0.25, 0.3) is 5.91 Å². The second kappa shape index (κ2) is 4.23. The molecule has 1 aliphatic heterocycles. The lowest BCUT2D eigenvalue weighted by atomic mass is 9.86. The number of hydrogen-bond acceptors (Lipinski definition) is 2. The van der Waals surface area contributed by atoms with E-state index >= 15 is 0 Å². The highest BCUT2D eigenvalue weighted by Gasteiger charge is 2.64. The van der Waals surface area contributed by atoms with Gasteiger partial charge in [-0.05, 0) is 30.2 Å². The third kappa shape index (κ3) is 1.74. The summed E-state index contributed by atoms with van der Waals surface area (Å²) >= 11 is 0. The van der Waals surface area contributed by atoms with Gasteiger partial charge in [0.1, 0.15) is 11.8 Å². The Morgan fingerprint density at radius 2 is 1.83 bits per heavy atom. The van der Waals surface area contributed by atoms with Crippen molar-refractivity contribution in [2.45, 2.75) is 25.8 Å². The van der Waals surface area contributed by atoms with E-state index in [0.717, 1.165) is 4.90 Å². The fourth-order valence-electron chi connectivity index (χ4n) is 2.25. The van der Waals surface area contributed by atoms with Crippen LogP contribution in [0.3, 0.4) is 0 Å². The number of carbonyl (C=O) groups is 1. The van der Waals surface area contributed by atoms with Crippen molar-refractivity contribution in [2.24, 2.45) is 5.92 Å². The van der Waals surface area contributed by atoms with Crippen LogP contribution in [0.2, 0.25) is 0 Å². The zero-order valence-corrected chi connectivity index (χ0v) is 10.5. The van der Waals surface area contributed by atoms with Crippen LogP contribution in [0.5, 0.6) is 5.75 Å². The normalized spacial score (nSPS) is 22.0. The predicted octanol–water partition coefficient (Wildman–Crippen LogP) is 2.70. The van der Waals surface area contributed by atoms with Crippen molar-refractivity contribution < 1.29 is 18.3 Å². The molecule has 98 valence electrons. The van der Waals surface area contributed by atoms with Gasteiger partial charge in [-0.25, -0.2) is 0 Å². The number of amides is 1. The molecule has 2 rings (SSSR count). The van der Waals surface area contributed by atoms with Gasteiger partial charge < -0.3 is 4.74 Å².